The number of H-pyrrole nitrogens is 1. The summed E-state index contributed by atoms with van der Waals surface area (Å²) in [6, 6.07) is 13.6. The highest BCUT2D eigenvalue weighted by molar-refractivity contribution is 6.34. The SMILES string of the molecule is CC(O)[C@@H]1C(=O)N(CCc2c[nH]c3ccccc23)CC[C@@H]1N(C)Cc1cc(Cl)cc(Cl)c1. The van der Waals surface area contributed by atoms with Crippen molar-refractivity contribution in [1.29, 1.82) is 0 Å². The van der Waals surface area contributed by atoms with E-state index in [1.165, 1.54) is 10.9 Å². The number of hydrogen-bond donors (Lipinski definition) is 2. The summed E-state index contributed by atoms with van der Waals surface area (Å²) < 4.78 is 0. The van der Waals surface area contributed by atoms with Crippen molar-refractivity contribution in [1.82, 2.24) is 14.8 Å². The molecule has 0 radical (unpaired) electrons. The lowest BCUT2D eigenvalue weighted by molar-refractivity contribution is -0.147. The predicted octanol–water partition coefficient (Wildman–Crippen LogP) is 4.75. The molecular formula is C25H29Cl2N3O2. The van der Waals surface area contributed by atoms with Crippen LogP contribution in [0.1, 0.15) is 24.5 Å². The number of aromatic nitrogens is 1. The number of carbonyl (C=O) groups excluding carboxylic acids is 1. The number of halogens is 2. The minimum absolute atomic E-state index is 0.0204. The Morgan fingerprint density at radius 3 is 2.66 bits per heavy atom. The fourth-order valence-corrected chi connectivity index (χ4v) is 5.47. The van der Waals surface area contributed by atoms with Crippen LogP contribution < -0.4 is 0 Å². The number of fused-ring (bicyclic) bond motifs is 1. The number of likely N-dealkylation sites (tertiary alicyclic amines) is 1. The first-order valence-electron chi connectivity index (χ1n) is 11.0. The molecule has 1 unspecified atom stereocenters. The number of rotatable bonds is 7. The molecule has 0 bridgehead atoms. The number of nitrogens with zero attached hydrogens (tertiary/aromatic N) is 2. The van der Waals surface area contributed by atoms with Gasteiger partial charge in [-0.2, -0.15) is 0 Å². The molecule has 2 aromatic carbocycles. The Labute approximate surface area is 198 Å². The Kier molecular flexibility index (Phi) is 7.11. The molecule has 2 heterocycles. The molecule has 1 saturated heterocycles. The van der Waals surface area contributed by atoms with Crippen molar-refractivity contribution in [3.05, 3.63) is 69.8 Å². The first-order chi connectivity index (χ1) is 15.3. The van der Waals surface area contributed by atoms with Gasteiger partial charge in [-0.05, 0) is 62.2 Å². The number of aliphatic hydroxyl groups excluding tert-OH is 1. The second-order valence-electron chi connectivity index (χ2n) is 8.75. The number of nitrogens with one attached hydrogen (secondary N) is 1. The maximum atomic E-state index is 13.4. The Morgan fingerprint density at radius 1 is 1.22 bits per heavy atom. The van der Waals surface area contributed by atoms with Crippen LogP contribution in [0.15, 0.2) is 48.7 Å². The largest absolute Gasteiger partial charge is 0.393 e. The minimum Gasteiger partial charge on any atom is -0.393 e. The zero-order valence-electron chi connectivity index (χ0n) is 18.4. The molecule has 7 heteroatoms. The Bertz CT molecular complexity index is 1080. The lowest BCUT2D eigenvalue weighted by Gasteiger charge is -2.43. The number of amides is 1. The zero-order valence-corrected chi connectivity index (χ0v) is 19.9. The van der Waals surface area contributed by atoms with Crippen molar-refractivity contribution in [2.75, 3.05) is 20.1 Å². The normalized spacial score (nSPS) is 20.3. The van der Waals surface area contributed by atoms with Gasteiger partial charge in [-0.3, -0.25) is 9.69 Å². The molecular weight excluding hydrogens is 445 g/mol. The fourth-order valence-electron chi connectivity index (χ4n) is 4.90. The molecule has 4 rings (SSSR count). The van der Waals surface area contributed by atoms with E-state index in [4.69, 9.17) is 23.2 Å². The van der Waals surface area contributed by atoms with Crippen molar-refractivity contribution in [2.45, 2.75) is 38.5 Å². The average molecular weight is 474 g/mol. The van der Waals surface area contributed by atoms with Crippen LogP contribution in [0.3, 0.4) is 0 Å². The molecule has 32 heavy (non-hydrogen) atoms. The van der Waals surface area contributed by atoms with E-state index in [0.29, 0.717) is 29.7 Å². The summed E-state index contributed by atoms with van der Waals surface area (Å²) in [5.41, 5.74) is 3.31. The van der Waals surface area contributed by atoms with Gasteiger partial charge in [-0.1, -0.05) is 41.4 Å². The van der Waals surface area contributed by atoms with Crippen molar-refractivity contribution in [3.8, 4) is 0 Å². The maximum absolute atomic E-state index is 13.4. The topological polar surface area (TPSA) is 59.6 Å². The van der Waals surface area contributed by atoms with Gasteiger partial charge in [0.05, 0.1) is 12.0 Å². The summed E-state index contributed by atoms with van der Waals surface area (Å²) in [5.74, 6) is -0.446. The number of aromatic amines is 1. The molecule has 1 amide bonds. The van der Waals surface area contributed by atoms with Gasteiger partial charge in [-0.25, -0.2) is 0 Å². The average Bonchev–Trinajstić information content (AvgIpc) is 3.14. The van der Waals surface area contributed by atoms with Crippen LogP contribution in [0.2, 0.25) is 10.0 Å². The molecule has 1 fully saturated rings. The van der Waals surface area contributed by atoms with Crippen molar-refractivity contribution in [2.24, 2.45) is 5.92 Å². The van der Waals surface area contributed by atoms with E-state index < -0.39 is 12.0 Å². The van der Waals surface area contributed by atoms with Gasteiger partial charge in [-0.15, -0.1) is 0 Å². The first-order valence-corrected chi connectivity index (χ1v) is 11.8. The van der Waals surface area contributed by atoms with E-state index in [0.717, 1.165) is 23.9 Å². The Hall–Kier alpha value is -2.05. The van der Waals surface area contributed by atoms with Crippen LogP contribution in [0.25, 0.3) is 10.9 Å². The molecule has 5 nitrogen and oxygen atoms in total. The molecule has 1 aliphatic rings. The van der Waals surface area contributed by atoms with Gasteiger partial charge in [0, 0.05) is 52.8 Å². The van der Waals surface area contributed by atoms with Gasteiger partial charge >= 0.3 is 0 Å². The van der Waals surface area contributed by atoms with Gasteiger partial charge in [0.2, 0.25) is 5.91 Å². The number of benzene rings is 2. The minimum atomic E-state index is -0.728. The number of carbonyl (C=O) groups is 1. The molecule has 170 valence electrons. The zero-order chi connectivity index (χ0) is 22.8. The molecule has 0 aliphatic carbocycles. The summed E-state index contributed by atoms with van der Waals surface area (Å²) in [5, 5.41) is 12.9. The summed E-state index contributed by atoms with van der Waals surface area (Å²) in [7, 11) is 1.99. The van der Waals surface area contributed by atoms with Crippen LogP contribution in [0.4, 0.5) is 0 Å². The third-order valence-electron chi connectivity index (χ3n) is 6.47. The summed E-state index contributed by atoms with van der Waals surface area (Å²) >= 11 is 12.3. The summed E-state index contributed by atoms with van der Waals surface area (Å²) in [6.45, 7) is 3.64. The monoisotopic (exact) mass is 473 g/mol. The quantitative estimate of drug-likeness (QED) is 0.520. The fraction of sp³-hybridized carbons (Fsp3) is 0.400. The highest BCUT2D eigenvalue weighted by atomic mass is 35.5. The number of piperidine rings is 1. The summed E-state index contributed by atoms with van der Waals surface area (Å²) in [6.07, 6.45) is 2.88. The third-order valence-corrected chi connectivity index (χ3v) is 6.91. The predicted molar refractivity (Wildman–Crippen MR) is 130 cm³/mol. The molecule has 1 aromatic heterocycles. The Morgan fingerprint density at radius 2 is 1.94 bits per heavy atom. The molecule has 1 aliphatic heterocycles. The van der Waals surface area contributed by atoms with E-state index in [1.807, 2.05) is 42.4 Å². The summed E-state index contributed by atoms with van der Waals surface area (Å²) in [4.78, 5) is 20.7. The van der Waals surface area contributed by atoms with Gasteiger partial charge in [0.1, 0.15) is 0 Å². The molecule has 2 N–H and O–H groups in total. The van der Waals surface area contributed by atoms with Crippen LogP contribution in [-0.2, 0) is 17.8 Å². The van der Waals surface area contributed by atoms with Gasteiger partial charge < -0.3 is 15.0 Å². The molecule has 3 aromatic rings. The lowest BCUT2D eigenvalue weighted by atomic mass is 9.85. The van der Waals surface area contributed by atoms with Crippen LogP contribution in [-0.4, -0.2) is 58.1 Å². The highest BCUT2D eigenvalue weighted by Crippen LogP contribution is 2.29. The van der Waals surface area contributed by atoms with E-state index >= 15 is 0 Å². The van der Waals surface area contributed by atoms with E-state index in [-0.39, 0.29) is 11.9 Å². The van der Waals surface area contributed by atoms with E-state index in [2.05, 4.69) is 22.0 Å². The number of para-hydroxylation sites is 1. The smallest absolute Gasteiger partial charge is 0.229 e. The van der Waals surface area contributed by atoms with Crippen molar-refractivity contribution < 1.29 is 9.90 Å². The van der Waals surface area contributed by atoms with Crippen LogP contribution in [0.5, 0.6) is 0 Å². The standard InChI is InChI=1S/C25H29Cl2N3O2/c1-16(31)24-23(29(2)15-17-11-19(26)13-20(27)12-17)8-10-30(25(24)32)9-7-18-14-28-22-6-4-3-5-21(18)22/h3-6,11-14,16,23-24,28,31H,7-10,15H2,1-2H3/t16?,23-,24-/m0/s1. The van der Waals surface area contributed by atoms with Crippen LogP contribution in [0, 0.1) is 5.92 Å². The maximum Gasteiger partial charge on any atom is 0.229 e. The van der Waals surface area contributed by atoms with Gasteiger partial charge in [0.25, 0.3) is 0 Å². The highest BCUT2D eigenvalue weighted by Gasteiger charge is 2.41. The lowest BCUT2D eigenvalue weighted by Crippen LogP contribution is -2.56. The first kappa shape index (κ1) is 23.1. The van der Waals surface area contributed by atoms with Gasteiger partial charge in [0.15, 0.2) is 0 Å². The molecule has 3 atom stereocenters. The van der Waals surface area contributed by atoms with Crippen LogP contribution >= 0.6 is 23.2 Å². The Balaban J connectivity index is 1.44. The van der Waals surface area contributed by atoms with Crippen molar-refractivity contribution >= 4 is 40.0 Å². The number of hydrogen-bond acceptors (Lipinski definition) is 3. The third kappa shape index (κ3) is 4.96. The number of aliphatic hydroxyl groups is 1. The van der Waals surface area contributed by atoms with Crippen molar-refractivity contribution in [3.63, 3.8) is 0 Å². The van der Waals surface area contributed by atoms with E-state index in [1.54, 1.807) is 13.0 Å². The molecule has 0 spiro atoms. The molecule has 0 saturated carbocycles. The van der Waals surface area contributed by atoms with E-state index in [9.17, 15) is 9.90 Å². The second-order valence-corrected chi connectivity index (χ2v) is 9.62. The second kappa shape index (κ2) is 9.84.